The summed E-state index contributed by atoms with van der Waals surface area (Å²) in [6.45, 7) is 0.169. The number of thioether (sulfide) groups is 1. The number of ether oxygens (including phenoxy) is 1. The van der Waals surface area contributed by atoms with Crippen LogP contribution in [0.4, 0.5) is 0 Å². The molecule has 2 aromatic carbocycles. The van der Waals surface area contributed by atoms with E-state index in [1.54, 1.807) is 12.1 Å². The lowest BCUT2D eigenvalue weighted by atomic mass is 10.3. The van der Waals surface area contributed by atoms with Gasteiger partial charge in [-0.25, -0.2) is 4.98 Å². The van der Waals surface area contributed by atoms with Crippen LogP contribution in [0.5, 0.6) is 5.75 Å². The Morgan fingerprint density at radius 3 is 2.80 bits per heavy atom. The van der Waals surface area contributed by atoms with Crippen LogP contribution in [0.25, 0.3) is 11.0 Å². The van der Waals surface area contributed by atoms with Gasteiger partial charge in [0.25, 0.3) is 11.1 Å². The zero-order valence-corrected chi connectivity index (χ0v) is 14.5. The van der Waals surface area contributed by atoms with Crippen LogP contribution in [0.1, 0.15) is 11.7 Å². The fourth-order valence-electron chi connectivity index (χ4n) is 2.26. The Morgan fingerprint density at radius 2 is 1.92 bits per heavy atom. The standard InChI is InChI=1S/C17H13ClN4O2S/c18-11-5-1-4-8-14(11)23-9-16-21-22-17(24-16)25-10-15-19-12-6-2-3-7-13(12)20-15/h1-8H,9-10H2,(H,19,20). The topological polar surface area (TPSA) is 76.8 Å². The fourth-order valence-corrected chi connectivity index (χ4v) is 3.10. The van der Waals surface area contributed by atoms with Crippen molar-refractivity contribution in [2.45, 2.75) is 17.6 Å². The Hall–Kier alpha value is -2.51. The molecular weight excluding hydrogens is 360 g/mol. The average Bonchev–Trinajstić information content (AvgIpc) is 3.25. The number of imidazole rings is 1. The monoisotopic (exact) mass is 372 g/mol. The maximum absolute atomic E-state index is 6.04. The largest absolute Gasteiger partial charge is 0.482 e. The number of H-pyrrole nitrogens is 1. The summed E-state index contributed by atoms with van der Waals surface area (Å²) in [5.41, 5.74) is 1.95. The summed E-state index contributed by atoms with van der Waals surface area (Å²) >= 11 is 7.46. The molecule has 0 unspecified atom stereocenters. The summed E-state index contributed by atoms with van der Waals surface area (Å²) in [5.74, 6) is 2.45. The van der Waals surface area contributed by atoms with Crippen molar-refractivity contribution in [2.24, 2.45) is 0 Å². The molecular formula is C17H13ClN4O2S. The Labute approximate surface area is 152 Å². The molecule has 4 aromatic rings. The van der Waals surface area contributed by atoms with E-state index in [0.717, 1.165) is 16.9 Å². The summed E-state index contributed by atoms with van der Waals surface area (Å²) in [7, 11) is 0. The van der Waals surface area contributed by atoms with E-state index in [2.05, 4.69) is 20.2 Å². The van der Waals surface area contributed by atoms with Gasteiger partial charge < -0.3 is 14.1 Å². The van der Waals surface area contributed by atoms with Crippen molar-refractivity contribution >= 4 is 34.4 Å². The van der Waals surface area contributed by atoms with Crippen LogP contribution in [0.3, 0.4) is 0 Å². The number of benzene rings is 2. The van der Waals surface area contributed by atoms with E-state index in [0.29, 0.717) is 27.6 Å². The maximum atomic E-state index is 6.04. The van der Waals surface area contributed by atoms with Crippen LogP contribution in [0.15, 0.2) is 58.2 Å². The van der Waals surface area contributed by atoms with Crippen molar-refractivity contribution < 1.29 is 9.15 Å². The van der Waals surface area contributed by atoms with Gasteiger partial charge in [-0.15, -0.1) is 10.2 Å². The molecule has 25 heavy (non-hydrogen) atoms. The minimum absolute atomic E-state index is 0.169. The molecule has 0 atom stereocenters. The molecule has 0 aliphatic heterocycles. The Bertz CT molecular complexity index is 968. The first-order valence-corrected chi connectivity index (χ1v) is 8.90. The minimum atomic E-state index is 0.169. The van der Waals surface area contributed by atoms with Gasteiger partial charge in [0.1, 0.15) is 11.6 Å². The third kappa shape index (κ3) is 3.78. The summed E-state index contributed by atoms with van der Waals surface area (Å²) in [6.07, 6.45) is 0. The van der Waals surface area contributed by atoms with Gasteiger partial charge in [0.15, 0.2) is 6.61 Å². The second kappa shape index (κ2) is 7.16. The van der Waals surface area contributed by atoms with Gasteiger partial charge in [0.2, 0.25) is 0 Å². The van der Waals surface area contributed by atoms with E-state index in [-0.39, 0.29) is 6.61 Å². The first kappa shape index (κ1) is 16.0. The highest BCUT2D eigenvalue weighted by molar-refractivity contribution is 7.98. The first-order chi connectivity index (χ1) is 12.3. The quantitative estimate of drug-likeness (QED) is 0.503. The Balaban J connectivity index is 1.35. The number of fused-ring (bicyclic) bond motifs is 1. The summed E-state index contributed by atoms with van der Waals surface area (Å²) < 4.78 is 11.2. The number of rotatable bonds is 6. The van der Waals surface area contributed by atoms with Crippen LogP contribution in [0, 0.1) is 0 Å². The Morgan fingerprint density at radius 1 is 1.08 bits per heavy atom. The van der Waals surface area contributed by atoms with Crippen molar-refractivity contribution in [2.75, 3.05) is 0 Å². The predicted molar refractivity (Wildman–Crippen MR) is 95.7 cm³/mol. The van der Waals surface area contributed by atoms with E-state index in [1.807, 2.05) is 36.4 Å². The van der Waals surface area contributed by atoms with Gasteiger partial charge in [-0.2, -0.15) is 0 Å². The highest BCUT2D eigenvalue weighted by Gasteiger charge is 2.10. The van der Waals surface area contributed by atoms with Crippen LogP contribution >= 0.6 is 23.4 Å². The molecule has 8 heteroatoms. The van der Waals surface area contributed by atoms with Crippen molar-refractivity contribution in [1.29, 1.82) is 0 Å². The SMILES string of the molecule is Clc1ccccc1OCc1nnc(SCc2nc3ccccc3[nH]2)o1. The number of hydrogen-bond acceptors (Lipinski definition) is 6. The third-order valence-corrected chi connectivity index (χ3v) is 4.55. The lowest BCUT2D eigenvalue weighted by Crippen LogP contribution is -1.95. The average molecular weight is 373 g/mol. The highest BCUT2D eigenvalue weighted by Crippen LogP contribution is 2.25. The van der Waals surface area contributed by atoms with Crippen molar-refractivity contribution in [3.63, 3.8) is 0 Å². The minimum Gasteiger partial charge on any atom is -0.482 e. The molecule has 0 saturated carbocycles. The molecule has 0 bridgehead atoms. The van der Waals surface area contributed by atoms with Crippen LogP contribution in [-0.2, 0) is 12.4 Å². The van der Waals surface area contributed by atoms with Crippen molar-refractivity contribution in [1.82, 2.24) is 20.2 Å². The first-order valence-electron chi connectivity index (χ1n) is 7.54. The van der Waals surface area contributed by atoms with E-state index >= 15 is 0 Å². The zero-order chi connectivity index (χ0) is 17.1. The summed E-state index contributed by atoms with van der Waals surface area (Å²) in [4.78, 5) is 7.78. The van der Waals surface area contributed by atoms with E-state index in [4.69, 9.17) is 20.8 Å². The number of para-hydroxylation sites is 3. The number of nitrogens with one attached hydrogen (secondary N) is 1. The molecule has 1 N–H and O–H groups in total. The number of hydrogen-bond donors (Lipinski definition) is 1. The lowest BCUT2D eigenvalue weighted by molar-refractivity contribution is 0.252. The third-order valence-electron chi connectivity index (χ3n) is 3.41. The highest BCUT2D eigenvalue weighted by atomic mass is 35.5. The second-order valence-electron chi connectivity index (χ2n) is 5.17. The number of nitrogens with zero attached hydrogens (tertiary/aromatic N) is 3. The number of halogens is 1. The molecule has 0 fully saturated rings. The molecule has 0 amide bonds. The van der Waals surface area contributed by atoms with Crippen molar-refractivity contribution in [3.05, 3.63) is 65.3 Å². The molecule has 2 heterocycles. The van der Waals surface area contributed by atoms with Gasteiger partial charge >= 0.3 is 0 Å². The second-order valence-corrected chi connectivity index (χ2v) is 6.50. The fraction of sp³-hybridized carbons (Fsp3) is 0.118. The number of aromatic nitrogens is 4. The molecule has 6 nitrogen and oxygen atoms in total. The molecule has 126 valence electrons. The van der Waals surface area contributed by atoms with Gasteiger partial charge in [0.05, 0.1) is 21.8 Å². The lowest BCUT2D eigenvalue weighted by Gasteiger charge is -2.04. The van der Waals surface area contributed by atoms with Gasteiger partial charge in [-0.05, 0) is 24.3 Å². The van der Waals surface area contributed by atoms with Gasteiger partial charge in [-0.3, -0.25) is 0 Å². The molecule has 4 rings (SSSR count). The van der Waals surface area contributed by atoms with E-state index in [1.165, 1.54) is 11.8 Å². The zero-order valence-electron chi connectivity index (χ0n) is 13.0. The molecule has 0 aliphatic rings. The van der Waals surface area contributed by atoms with Crippen molar-refractivity contribution in [3.8, 4) is 5.75 Å². The van der Waals surface area contributed by atoms with E-state index < -0.39 is 0 Å². The molecule has 0 radical (unpaired) electrons. The van der Waals surface area contributed by atoms with Gasteiger partial charge in [-0.1, -0.05) is 47.6 Å². The summed E-state index contributed by atoms with van der Waals surface area (Å²) in [5, 5.41) is 9.00. The van der Waals surface area contributed by atoms with Crippen LogP contribution in [0.2, 0.25) is 5.02 Å². The Kier molecular flexibility index (Phi) is 4.58. The molecule has 2 aromatic heterocycles. The molecule has 0 aliphatic carbocycles. The molecule has 0 saturated heterocycles. The van der Waals surface area contributed by atoms with E-state index in [9.17, 15) is 0 Å². The van der Waals surface area contributed by atoms with Gasteiger partial charge in [0, 0.05) is 0 Å². The normalized spacial score (nSPS) is 11.1. The smallest absolute Gasteiger partial charge is 0.277 e. The maximum Gasteiger partial charge on any atom is 0.277 e. The number of aromatic amines is 1. The predicted octanol–water partition coefficient (Wildman–Crippen LogP) is 4.47. The summed E-state index contributed by atoms with van der Waals surface area (Å²) in [6, 6.07) is 15.1. The van der Waals surface area contributed by atoms with Crippen LogP contribution in [-0.4, -0.2) is 20.2 Å². The van der Waals surface area contributed by atoms with Crippen LogP contribution < -0.4 is 4.74 Å². The molecule has 0 spiro atoms.